The van der Waals surface area contributed by atoms with Crippen molar-refractivity contribution in [1.29, 1.82) is 0 Å². The molecule has 0 atom stereocenters. The van der Waals surface area contributed by atoms with Gasteiger partial charge >= 0.3 is 6.18 Å². The number of carbonyl (C=O) groups excluding carboxylic acids is 1. The zero-order valence-corrected chi connectivity index (χ0v) is 20.3. The lowest BCUT2D eigenvalue weighted by Gasteiger charge is -2.44. The van der Waals surface area contributed by atoms with Crippen molar-refractivity contribution in [2.75, 3.05) is 71.0 Å². The molecule has 14 heteroatoms. The predicted octanol–water partition coefficient (Wildman–Crippen LogP) is 1.07. The zero-order valence-electron chi connectivity index (χ0n) is 19.5. The van der Waals surface area contributed by atoms with Crippen LogP contribution in [0.2, 0.25) is 0 Å². The lowest BCUT2D eigenvalue weighted by molar-refractivity contribution is -0.153. The van der Waals surface area contributed by atoms with E-state index < -0.39 is 33.5 Å². The summed E-state index contributed by atoms with van der Waals surface area (Å²) in [6.45, 7) is 1.39. The molecular formula is C21H31F3N4O6S. The van der Waals surface area contributed by atoms with Crippen LogP contribution in [0.5, 0.6) is 5.75 Å². The van der Waals surface area contributed by atoms with Crippen LogP contribution >= 0.6 is 0 Å². The van der Waals surface area contributed by atoms with Crippen LogP contribution in [0.4, 0.5) is 18.9 Å². The number of piperidine rings is 1. The molecule has 0 radical (unpaired) electrons. The largest absolute Gasteiger partial charge is 0.484 e. The van der Waals surface area contributed by atoms with Crippen molar-refractivity contribution in [3.05, 3.63) is 24.3 Å². The number of rotatable bonds is 9. The van der Waals surface area contributed by atoms with Crippen LogP contribution < -0.4 is 15.1 Å². The molecule has 0 saturated carbocycles. The Morgan fingerprint density at radius 1 is 1.09 bits per heavy atom. The number of benzene rings is 1. The molecule has 0 bridgehead atoms. The number of nitrogens with zero attached hydrogens (tertiary/aromatic N) is 3. The molecule has 10 nitrogen and oxygen atoms in total. The maximum atomic E-state index is 13.6. The SMILES string of the molecule is COCCN1CCC(C(=O)NO)(S(=O)(=O)N2CCN(c3ccc(OCC(F)(F)F)cc3)CC2)CC1. The number of piperazine rings is 1. The van der Waals surface area contributed by atoms with Crippen molar-refractivity contribution >= 4 is 21.6 Å². The number of hydrogen-bond acceptors (Lipinski definition) is 8. The summed E-state index contributed by atoms with van der Waals surface area (Å²) in [5.41, 5.74) is 2.28. The van der Waals surface area contributed by atoms with E-state index in [2.05, 4.69) is 0 Å². The van der Waals surface area contributed by atoms with Crippen LogP contribution in [0.15, 0.2) is 24.3 Å². The topological polar surface area (TPSA) is 112 Å². The first-order valence-electron chi connectivity index (χ1n) is 11.2. The Morgan fingerprint density at radius 2 is 1.69 bits per heavy atom. The normalized spacial score (nSPS) is 20.0. The standard InChI is InChI=1S/C21H31F3N4O6S/c1-33-15-14-26-8-6-20(7-9-26,19(29)25-30)35(31,32)28-12-10-27(11-13-28)17-2-4-18(5-3-17)34-16-21(22,23)24/h2-5,30H,6-16H2,1H3,(H,25,29). The molecule has 0 aliphatic carbocycles. The summed E-state index contributed by atoms with van der Waals surface area (Å²) in [5.74, 6) is -0.846. The van der Waals surface area contributed by atoms with Crippen LogP contribution in [0, 0.1) is 0 Å². The summed E-state index contributed by atoms with van der Waals surface area (Å²) in [6.07, 6.45) is -4.33. The highest BCUT2D eigenvalue weighted by atomic mass is 32.2. The number of carbonyl (C=O) groups is 1. The van der Waals surface area contributed by atoms with Crippen molar-refractivity contribution in [2.45, 2.75) is 23.8 Å². The van der Waals surface area contributed by atoms with E-state index in [1.807, 2.05) is 9.80 Å². The van der Waals surface area contributed by atoms with Crippen molar-refractivity contribution in [1.82, 2.24) is 14.7 Å². The van der Waals surface area contributed by atoms with Gasteiger partial charge in [0.2, 0.25) is 10.0 Å². The lowest BCUT2D eigenvalue weighted by Crippen LogP contribution is -2.63. The number of ether oxygens (including phenoxy) is 2. The van der Waals surface area contributed by atoms with Gasteiger partial charge in [-0.1, -0.05) is 0 Å². The molecule has 2 N–H and O–H groups in total. The van der Waals surface area contributed by atoms with Gasteiger partial charge < -0.3 is 19.3 Å². The minimum Gasteiger partial charge on any atom is -0.484 e. The van der Waals surface area contributed by atoms with E-state index in [0.717, 1.165) is 5.69 Å². The van der Waals surface area contributed by atoms with Crippen LogP contribution in [0.3, 0.4) is 0 Å². The van der Waals surface area contributed by atoms with E-state index in [0.29, 0.717) is 39.3 Å². The Kier molecular flexibility index (Phi) is 8.86. The highest BCUT2D eigenvalue weighted by molar-refractivity contribution is 7.91. The first-order valence-corrected chi connectivity index (χ1v) is 12.7. The minimum absolute atomic E-state index is 0.0467. The Labute approximate surface area is 202 Å². The van der Waals surface area contributed by atoms with E-state index in [1.165, 1.54) is 16.4 Å². The number of alkyl halides is 3. The van der Waals surface area contributed by atoms with Crippen LogP contribution in [0.25, 0.3) is 0 Å². The van der Waals surface area contributed by atoms with Crippen molar-refractivity contribution < 1.29 is 41.1 Å². The molecule has 1 aromatic carbocycles. The monoisotopic (exact) mass is 524 g/mol. The number of anilines is 1. The van der Waals surface area contributed by atoms with Gasteiger partial charge in [0.25, 0.3) is 5.91 Å². The molecule has 2 aliphatic rings. The second-order valence-corrected chi connectivity index (χ2v) is 10.8. The van der Waals surface area contributed by atoms with E-state index in [4.69, 9.17) is 9.47 Å². The highest BCUT2D eigenvalue weighted by Gasteiger charge is 2.55. The number of amides is 1. The van der Waals surface area contributed by atoms with Gasteiger partial charge in [-0.3, -0.25) is 10.0 Å². The van der Waals surface area contributed by atoms with E-state index in [9.17, 15) is 31.6 Å². The molecule has 1 aromatic rings. The Bertz CT molecular complexity index is 945. The van der Waals surface area contributed by atoms with E-state index in [-0.39, 0.29) is 31.7 Å². The van der Waals surface area contributed by atoms with Gasteiger partial charge in [0, 0.05) is 58.6 Å². The minimum atomic E-state index is -4.43. The summed E-state index contributed by atoms with van der Waals surface area (Å²) >= 11 is 0. The molecule has 2 heterocycles. The van der Waals surface area contributed by atoms with Gasteiger partial charge in [-0.2, -0.15) is 17.5 Å². The maximum Gasteiger partial charge on any atom is 0.422 e. The van der Waals surface area contributed by atoms with Gasteiger partial charge in [-0.15, -0.1) is 0 Å². The number of likely N-dealkylation sites (tertiary alicyclic amines) is 1. The summed E-state index contributed by atoms with van der Waals surface area (Å²) in [4.78, 5) is 16.6. The molecule has 2 fully saturated rings. The number of sulfonamides is 1. The average Bonchev–Trinajstić information content (AvgIpc) is 2.86. The summed E-state index contributed by atoms with van der Waals surface area (Å²) in [6, 6.07) is 6.10. The Morgan fingerprint density at radius 3 is 2.20 bits per heavy atom. The average molecular weight is 525 g/mol. The van der Waals surface area contributed by atoms with Crippen LogP contribution in [-0.2, 0) is 19.6 Å². The number of hydroxylamine groups is 1. The third-order valence-electron chi connectivity index (χ3n) is 6.47. The smallest absolute Gasteiger partial charge is 0.422 e. The molecule has 3 rings (SSSR count). The molecule has 0 aromatic heterocycles. The maximum absolute atomic E-state index is 13.6. The van der Waals surface area contributed by atoms with E-state index in [1.54, 1.807) is 24.7 Å². The molecule has 2 aliphatic heterocycles. The molecule has 198 valence electrons. The Hall–Kier alpha value is -2.13. The van der Waals surface area contributed by atoms with Crippen molar-refractivity contribution in [3.63, 3.8) is 0 Å². The number of methoxy groups -OCH3 is 1. The van der Waals surface area contributed by atoms with Crippen molar-refractivity contribution in [3.8, 4) is 5.75 Å². The molecule has 0 spiro atoms. The molecule has 0 unspecified atom stereocenters. The number of nitrogens with one attached hydrogen (secondary N) is 1. The van der Waals surface area contributed by atoms with Gasteiger partial charge in [-0.05, 0) is 37.1 Å². The molecule has 2 saturated heterocycles. The molecule has 1 amide bonds. The van der Waals surface area contributed by atoms with Gasteiger partial charge in [-0.25, -0.2) is 13.9 Å². The van der Waals surface area contributed by atoms with Crippen LogP contribution in [-0.4, -0.2) is 106 Å². The van der Waals surface area contributed by atoms with Gasteiger partial charge in [0.05, 0.1) is 6.61 Å². The van der Waals surface area contributed by atoms with Gasteiger partial charge in [0.15, 0.2) is 11.4 Å². The summed E-state index contributed by atoms with van der Waals surface area (Å²) in [7, 11) is -2.51. The fraction of sp³-hybridized carbons (Fsp3) is 0.667. The van der Waals surface area contributed by atoms with E-state index >= 15 is 0 Å². The summed E-state index contributed by atoms with van der Waals surface area (Å²) < 4.78 is 73.5. The summed E-state index contributed by atoms with van der Waals surface area (Å²) in [5, 5.41) is 9.32. The number of hydrogen-bond donors (Lipinski definition) is 2. The quantitative estimate of drug-likeness (QED) is 0.365. The van der Waals surface area contributed by atoms with Crippen LogP contribution in [0.1, 0.15) is 12.8 Å². The molecule has 35 heavy (non-hydrogen) atoms. The number of halogens is 3. The predicted molar refractivity (Wildman–Crippen MR) is 121 cm³/mol. The Balaban J connectivity index is 1.64. The second kappa shape index (κ2) is 11.3. The highest BCUT2D eigenvalue weighted by Crippen LogP contribution is 2.34. The van der Waals surface area contributed by atoms with Gasteiger partial charge in [0.1, 0.15) is 5.75 Å². The first kappa shape index (κ1) is 27.5. The zero-order chi connectivity index (χ0) is 25.7. The third-order valence-corrected chi connectivity index (χ3v) is 9.09. The first-order chi connectivity index (χ1) is 16.5. The molecular weight excluding hydrogens is 493 g/mol. The lowest BCUT2D eigenvalue weighted by atomic mass is 9.95. The third kappa shape index (κ3) is 6.36. The fourth-order valence-electron chi connectivity index (χ4n) is 4.41. The second-order valence-electron chi connectivity index (χ2n) is 8.56. The van der Waals surface area contributed by atoms with Crippen molar-refractivity contribution in [2.24, 2.45) is 0 Å². The fourth-order valence-corrected chi connectivity index (χ4v) is 6.53.